The van der Waals surface area contributed by atoms with Crippen LogP contribution in [0.3, 0.4) is 0 Å². The van der Waals surface area contributed by atoms with E-state index in [4.69, 9.17) is 4.52 Å². The van der Waals surface area contributed by atoms with Crippen LogP contribution in [0.4, 0.5) is 0 Å². The molecule has 0 aliphatic heterocycles. The van der Waals surface area contributed by atoms with Crippen molar-refractivity contribution in [2.75, 3.05) is 0 Å². The smallest absolute Gasteiger partial charge is 0.124 e. The van der Waals surface area contributed by atoms with Crippen molar-refractivity contribution in [1.29, 1.82) is 0 Å². The quantitative estimate of drug-likeness (QED) is 0.662. The number of hydrogen-bond acceptors (Lipinski definition) is 2. The molecule has 0 atom stereocenters. The summed E-state index contributed by atoms with van der Waals surface area (Å²) in [5, 5.41) is 3.93. The van der Waals surface area contributed by atoms with Gasteiger partial charge in [-0.15, -0.1) is 0 Å². The van der Waals surface area contributed by atoms with E-state index in [0.717, 1.165) is 5.69 Å². The molecule has 13 heavy (non-hydrogen) atoms. The van der Waals surface area contributed by atoms with Crippen molar-refractivity contribution in [1.82, 2.24) is 5.16 Å². The van der Waals surface area contributed by atoms with Crippen molar-refractivity contribution in [2.24, 2.45) is 0 Å². The first-order valence-electron chi connectivity index (χ1n) is 4.26. The molecule has 0 aliphatic carbocycles. The van der Waals surface area contributed by atoms with Crippen LogP contribution in [-0.4, -0.2) is 5.16 Å². The van der Waals surface area contributed by atoms with Gasteiger partial charge in [-0.25, -0.2) is 0 Å². The second kappa shape index (κ2) is 3.05. The van der Waals surface area contributed by atoms with Gasteiger partial charge in [0.15, 0.2) is 0 Å². The third kappa shape index (κ3) is 1.35. The number of nitrogens with zero attached hydrogens (tertiary/aromatic N) is 1. The molecule has 1 aromatic carbocycles. The fourth-order valence-electron chi connectivity index (χ4n) is 1.56. The highest BCUT2D eigenvalue weighted by Gasteiger charge is 2.06. The zero-order valence-electron chi connectivity index (χ0n) is 7.74. The van der Waals surface area contributed by atoms with Crippen LogP contribution >= 0.6 is 0 Å². The first kappa shape index (κ1) is 8.05. The van der Waals surface area contributed by atoms with Crippen LogP contribution < -0.4 is 0 Å². The maximum atomic E-state index is 4.83. The van der Waals surface area contributed by atoms with Crippen LogP contribution in [0.5, 0.6) is 0 Å². The molecule has 0 spiro atoms. The summed E-state index contributed by atoms with van der Waals surface area (Å²) in [4.78, 5) is 0. The molecule has 0 radical (unpaired) electrons. The Morgan fingerprint density at radius 2 is 1.77 bits per heavy atom. The Labute approximate surface area is 77.2 Å². The molecule has 0 aliphatic rings. The molecule has 2 rings (SSSR count). The average Bonchev–Trinajstić information content (AvgIpc) is 2.57. The highest BCUT2D eigenvalue weighted by Crippen LogP contribution is 2.24. The van der Waals surface area contributed by atoms with E-state index in [2.05, 4.69) is 31.1 Å². The van der Waals surface area contributed by atoms with Gasteiger partial charge in [-0.2, -0.15) is 0 Å². The zero-order valence-corrected chi connectivity index (χ0v) is 7.74. The summed E-state index contributed by atoms with van der Waals surface area (Å²) >= 11 is 0. The number of rotatable bonds is 1. The van der Waals surface area contributed by atoms with Crippen LogP contribution in [0.2, 0.25) is 0 Å². The summed E-state index contributed by atoms with van der Waals surface area (Å²) < 4.78 is 4.83. The van der Waals surface area contributed by atoms with Crippen molar-refractivity contribution < 1.29 is 4.52 Å². The van der Waals surface area contributed by atoms with E-state index in [1.54, 1.807) is 6.26 Å². The van der Waals surface area contributed by atoms with E-state index in [-0.39, 0.29) is 0 Å². The summed E-state index contributed by atoms with van der Waals surface area (Å²) in [5.74, 6) is 0. The van der Waals surface area contributed by atoms with E-state index >= 15 is 0 Å². The Balaban J connectivity index is 2.64. The summed E-state index contributed by atoms with van der Waals surface area (Å²) in [6.07, 6.45) is 1.60. The summed E-state index contributed by atoms with van der Waals surface area (Å²) in [6.45, 7) is 4.16. The number of benzene rings is 1. The van der Waals surface area contributed by atoms with E-state index in [9.17, 15) is 0 Å². The summed E-state index contributed by atoms with van der Waals surface area (Å²) in [5.41, 5.74) is 4.55. The highest BCUT2D eigenvalue weighted by molar-refractivity contribution is 5.66. The lowest BCUT2D eigenvalue weighted by Crippen LogP contribution is -1.86. The predicted molar refractivity (Wildman–Crippen MR) is 51.4 cm³/mol. The molecule has 0 fully saturated rings. The van der Waals surface area contributed by atoms with Crippen molar-refractivity contribution >= 4 is 0 Å². The molecule has 1 heterocycles. The summed E-state index contributed by atoms with van der Waals surface area (Å²) in [7, 11) is 0. The standard InChI is InChI=1S/C11H11NO/c1-8-4-3-5-9(2)11(8)10-6-7-13-12-10/h3-7H,1-2H3. The Hall–Kier alpha value is -1.57. The third-order valence-electron chi connectivity index (χ3n) is 2.18. The highest BCUT2D eigenvalue weighted by atomic mass is 16.5. The number of aryl methyl sites for hydroxylation is 2. The molecule has 0 saturated carbocycles. The zero-order chi connectivity index (χ0) is 9.26. The molecular weight excluding hydrogens is 162 g/mol. The van der Waals surface area contributed by atoms with Crippen LogP contribution in [0.1, 0.15) is 11.1 Å². The predicted octanol–water partition coefficient (Wildman–Crippen LogP) is 2.96. The molecule has 0 bridgehead atoms. The normalized spacial score (nSPS) is 10.3. The van der Waals surface area contributed by atoms with E-state index in [1.165, 1.54) is 16.7 Å². The van der Waals surface area contributed by atoms with Crippen LogP contribution in [0, 0.1) is 13.8 Å². The lowest BCUT2D eigenvalue weighted by atomic mass is 10.0. The Bertz CT molecular complexity index is 384. The lowest BCUT2D eigenvalue weighted by molar-refractivity contribution is 0.422. The van der Waals surface area contributed by atoms with Gasteiger partial charge < -0.3 is 4.52 Å². The van der Waals surface area contributed by atoms with Crippen molar-refractivity contribution in [3.8, 4) is 11.3 Å². The van der Waals surface area contributed by atoms with Gasteiger partial charge in [0, 0.05) is 11.6 Å². The minimum atomic E-state index is 0.913. The van der Waals surface area contributed by atoms with E-state index in [0.29, 0.717) is 0 Å². The Morgan fingerprint density at radius 3 is 2.31 bits per heavy atom. The molecule has 1 aromatic heterocycles. The molecule has 0 saturated heterocycles. The van der Waals surface area contributed by atoms with Gasteiger partial charge in [0.25, 0.3) is 0 Å². The minimum Gasteiger partial charge on any atom is -0.364 e. The number of aromatic nitrogens is 1. The molecule has 66 valence electrons. The third-order valence-corrected chi connectivity index (χ3v) is 2.18. The summed E-state index contributed by atoms with van der Waals surface area (Å²) in [6, 6.07) is 8.09. The fraction of sp³-hybridized carbons (Fsp3) is 0.182. The monoisotopic (exact) mass is 173 g/mol. The molecule has 0 unspecified atom stereocenters. The van der Waals surface area contributed by atoms with Gasteiger partial charge in [-0.1, -0.05) is 23.4 Å². The van der Waals surface area contributed by atoms with Crippen molar-refractivity contribution in [2.45, 2.75) is 13.8 Å². The van der Waals surface area contributed by atoms with Gasteiger partial charge in [0.05, 0.1) is 0 Å². The van der Waals surface area contributed by atoms with E-state index < -0.39 is 0 Å². The average molecular weight is 173 g/mol. The fourth-order valence-corrected chi connectivity index (χ4v) is 1.56. The second-order valence-electron chi connectivity index (χ2n) is 3.15. The van der Waals surface area contributed by atoms with Crippen LogP contribution in [0.15, 0.2) is 35.1 Å². The topological polar surface area (TPSA) is 26.0 Å². The molecule has 2 nitrogen and oxygen atoms in total. The van der Waals surface area contributed by atoms with Gasteiger partial charge >= 0.3 is 0 Å². The molecular formula is C11H11NO. The number of hydrogen-bond donors (Lipinski definition) is 0. The maximum absolute atomic E-state index is 4.83. The Kier molecular flexibility index (Phi) is 1.89. The van der Waals surface area contributed by atoms with E-state index in [1.807, 2.05) is 12.1 Å². The molecule has 2 aromatic rings. The lowest BCUT2D eigenvalue weighted by Gasteiger charge is -2.04. The molecule has 2 heteroatoms. The Morgan fingerprint density at radius 1 is 1.08 bits per heavy atom. The first-order valence-corrected chi connectivity index (χ1v) is 4.26. The first-order chi connectivity index (χ1) is 6.29. The van der Waals surface area contributed by atoms with Crippen molar-refractivity contribution in [3.63, 3.8) is 0 Å². The van der Waals surface area contributed by atoms with Gasteiger partial charge in [0.2, 0.25) is 0 Å². The van der Waals surface area contributed by atoms with Crippen LogP contribution in [0.25, 0.3) is 11.3 Å². The minimum absolute atomic E-state index is 0.913. The second-order valence-corrected chi connectivity index (χ2v) is 3.15. The molecule has 0 amide bonds. The SMILES string of the molecule is Cc1cccc(C)c1-c1ccon1. The maximum Gasteiger partial charge on any atom is 0.124 e. The molecule has 0 N–H and O–H groups in total. The van der Waals surface area contributed by atoms with Gasteiger partial charge in [0.1, 0.15) is 12.0 Å². The van der Waals surface area contributed by atoms with Gasteiger partial charge in [-0.3, -0.25) is 0 Å². The largest absolute Gasteiger partial charge is 0.364 e. The van der Waals surface area contributed by atoms with Crippen molar-refractivity contribution in [3.05, 3.63) is 41.7 Å². The van der Waals surface area contributed by atoms with Gasteiger partial charge in [-0.05, 0) is 25.0 Å². The van der Waals surface area contributed by atoms with Crippen LogP contribution in [-0.2, 0) is 0 Å².